The lowest BCUT2D eigenvalue weighted by atomic mass is 9.62. The summed E-state index contributed by atoms with van der Waals surface area (Å²) in [6, 6.07) is 27.5. The van der Waals surface area contributed by atoms with Crippen LogP contribution in [0, 0.1) is 5.92 Å². The van der Waals surface area contributed by atoms with E-state index in [1.807, 2.05) is 79.6 Å². The van der Waals surface area contributed by atoms with Crippen LogP contribution < -0.4 is 10.1 Å². The van der Waals surface area contributed by atoms with Gasteiger partial charge < -0.3 is 15.0 Å². The molecule has 3 heterocycles. The lowest BCUT2D eigenvalue weighted by Gasteiger charge is -2.38. The van der Waals surface area contributed by atoms with Crippen LogP contribution in [0.15, 0.2) is 103 Å². The number of halogens is 1. The minimum Gasteiger partial charge on any atom is -0.491 e. The molecule has 214 valence electrons. The Bertz CT molecular complexity index is 1810. The molecular weight excluding hydrogens is 560 g/mol. The number of anilines is 1. The Morgan fingerprint density at radius 3 is 2.35 bits per heavy atom. The second-order valence-corrected chi connectivity index (χ2v) is 11.9. The number of fused-ring (bicyclic) bond motifs is 6. The van der Waals surface area contributed by atoms with E-state index in [0.29, 0.717) is 22.6 Å². The third kappa shape index (κ3) is 4.04. The molecular formula is C36H29ClN2O4. The molecule has 3 aliphatic heterocycles. The number of hydrogen-bond donors (Lipinski definition) is 1. The average Bonchev–Trinajstić information content (AvgIpc) is 3.49. The number of para-hydroxylation sites is 1. The summed E-state index contributed by atoms with van der Waals surface area (Å²) in [4.78, 5) is 46.0. The molecule has 1 saturated heterocycles. The Morgan fingerprint density at radius 1 is 0.884 bits per heavy atom. The highest BCUT2D eigenvalue weighted by atomic mass is 35.5. The second-order valence-electron chi connectivity index (χ2n) is 11.5. The van der Waals surface area contributed by atoms with E-state index >= 15 is 0 Å². The van der Waals surface area contributed by atoms with Crippen molar-refractivity contribution < 1.29 is 19.1 Å². The van der Waals surface area contributed by atoms with E-state index in [9.17, 15) is 14.4 Å². The monoisotopic (exact) mass is 588 g/mol. The first-order valence-corrected chi connectivity index (χ1v) is 14.8. The topological polar surface area (TPSA) is 75.7 Å². The Kier molecular flexibility index (Phi) is 6.47. The predicted octanol–water partition coefficient (Wildman–Crippen LogP) is 7.11. The van der Waals surface area contributed by atoms with Gasteiger partial charge in [0.05, 0.1) is 23.1 Å². The summed E-state index contributed by atoms with van der Waals surface area (Å²) >= 11 is 6.62. The van der Waals surface area contributed by atoms with Crippen LogP contribution in [0.3, 0.4) is 0 Å². The fourth-order valence-corrected chi connectivity index (χ4v) is 7.37. The first-order valence-electron chi connectivity index (χ1n) is 14.4. The molecule has 7 heteroatoms. The van der Waals surface area contributed by atoms with E-state index in [2.05, 4.69) is 5.32 Å². The van der Waals surface area contributed by atoms with E-state index < -0.39 is 23.4 Å². The van der Waals surface area contributed by atoms with Crippen LogP contribution in [0.1, 0.15) is 57.3 Å². The summed E-state index contributed by atoms with van der Waals surface area (Å²) in [5.74, 6) is -1.36. The third-order valence-electron chi connectivity index (χ3n) is 8.77. The van der Waals surface area contributed by atoms with Gasteiger partial charge in [0.25, 0.3) is 0 Å². The lowest BCUT2D eigenvalue weighted by molar-refractivity contribution is -0.122. The molecule has 43 heavy (non-hydrogen) atoms. The number of nitrogens with zero attached hydrogens (tertiary/aromatic N) is 1. The fourth-order valence-electron chi connectivity index (χ4n) is 7.14. The summed E-state index contributed by atoms with van der Waals surface area (Å²) in [5.41, 5.74) is 2.45. The minimum atomic E-state index is -1.41. The van der Waals surface area contributed by atoms with Gasteiger partial charge in [-0.15, -0.1) is 0 Å². The van der Waals surface area contributed by atoms with Crippen LogP contribution in [0.25, 0.3) is 6.08 Å². The van der Waals surface area contributed by atoms with Gasteiger partial charge in [-0.05, 0) is 79.1 Å². The highest BCUT2D eigenvalue weighted by Crippen LogP contribution is 2.62. The zero-order valence-corrected chi connectivity index (χ0v) is 24.4. The van der Waals surface area contributed by atoms with Crippen molar-refractivity contribution >= 4 is 40.8 Å². The van der Waals surface area contributed by atoms with Gasteiger partial charge >= 0.3 is 0 Å². The molecule has 1 spiro atoms. The van der Waals surface area contributed by atoms with Gasteiger partial charge in [0, 0.05) is 23.0 Å². The van der Waals surface area contributed by atoms with Crippen molar-refractivity contribution in [2.75, 3.05) is 5.32 Å². The van der Waals surface area contributed by atoms with Gasteiger partial charge in [-0.25, -0.2) is 0 Å². The summed E-state index contributed by atoms with van der Waals surface area (Å²) in [6.07, 6.45) is 3.79. The number of carbonyl (C=O) groups excluding carboxylic acids is 3. The molecule has 6 nitrogen and oxygen atoms in total. The van der Waals surface area contributed by atoms with Crippen molar-refractivity contribution in [3.05, 3.63) is 136 Å². The largest absolute Gasteiger partial charge is 0.491 e. The molecule has 4 aromatic carbocycles. The molecule has 4 atom stereocenters. The van der Waals surface area contributed by atoms with Crippen LogP contribution in [0.4, 0.5) is 5.69 Å². The molecule has 4 aromatic rings. The quantitative estimate of drug-likeness (QED) is 0.243. The molecule has 1 amide bonds. The van der Waals surface area contributed by atoms with Crippen LogP contribution in [0.5, 0.6) is 5.75 Å². The number of Topliss-reactive ketones (excluding diaryl/α,β-unsaturated/α-hetero) is 2. The minimum absolute atomic E-state index is 0.0193. The smallest absolute Gasteiger partial charge is 0.238 e. The van der Waals surface area contributed by atoms with Crippen LogP contribution >= 0.6 is 11.6 Å². The highest BCUT2D eigenvalue weighted by Gasteiger charge is 2.70. The zero-order chi connectivity index (χ0) is 29.9. The standard InChI is InChI=1S/C36H29ClN2O4/c1-21(2)43-24-17-15-23(16-18-24)32(40)31-30(33(41)26-11-5-7-13-28(26)37)36(27-12-6-8-14-29(27)38-35(36)42)34-25-10-4-3-9-22(25)19-20-39(31)34/h3-21,30-31,34H,1-2H3,(H,38,42)/t30-,31-,34-,36+/m1/s1. The predicted molar refractivity (Wildman–Crippen MR) is 166 cm³/mol. The van der Waals surface area contributed by atoms with Gasteiger partial charge in [0.2, 0.25) is 5.91 Å². The van der Waals surface area contributed by atoms with E-state index in [4.69, 9.17) is 16.3 Å². The van der Waals surface area contributed by atoms with Crippen molar-refractivity contribution in [1.82, 2.24) is 4.90 Å². The Balaban J connectivity index is 1.49. The van der Waals surface area contributed by atoms with E-state index in [1.165, 1.54) is 0 Å². The number of hydrogen-bond acceptors (Lipinski definition) is 5. The SMILES string of the molecule is CC(C)Oc1ccc(C(=O)[C@H]2[C@H](C(=O)c3ccccc3Cl)[C@]3(C(=O)Nc4ccccc43)[C@H]3c4ccccc4C=CN23)cc1. The second kappa shape index (κ2) is 10.2. The summed E-state index contributed by atoms with van der Waals surface area (Å²) < 4.78 is 5.80. The first-order chi connectivity index (χ1) is 20.8. The fraction of sp³-hybridized carbons (Fsp3) is 0.194. The molecule has 0 aromatic heterocycles. The summed E-state index contributed by atoms with van der Waals surface area (Å²) in [5, 5.41) is 3.34. The lowest BCUT2D eigenvalue weighted by Crippen LogP contribution is -2.49. The van der Waals surface area contributed by atoms with Crippen molar-refractivity contribution in [3.8, 4) is 5.75 Å². The Morgan fingerprint density at radius 2 is 1.58 bits per heavy atom. The molecule has 3 aliphatic rings. The van der Waals surface area contributed by atoms with Crippen molar-refractivity contribution in [3.63, 3.8) is 0 Å². The molecule has 0 saturated carbocycles. The average molecular weight is 589 g/mol. The normalized spacial score (nSPS) is 23.1. The van der Waals surface area contributed by atoms with Crippen LogP contribution in [0.2, 0.25) is 5.02 Å². The van der Waals surface area contributed by atoms with Gasteiger partial charge in [0.1, 0.15) is 17.2 Å². The van der Waals surface area contributed by atoms with Crippen molar-refractivity contribution in [2.45, 2.75) is 37.5 Å². The molecule has 7 rings (SSSR count). The van der Waals surface area contributed by atoms with Crippen LogP contribution in [-0.4, -0.2) is 34.5 Å². The number of rotatable bonds is 6. The molecule has 1 N–H and O–H groups in total. The molecule has 1 fully saturated rings. The number of amides is 1. The number of benzene rings is 4. The molecule has 0 unspecified atom stereocenters. The molecule has 0 bridgehead atoms. The van der Waals surface area contributed by atoms with E-state index in [0.717, 1.165) is 11.1 Å². The van der Waals surface area contributed by atoms with Crippen LogP contribution in [-0.2, 0) is 10.2 Å². The number of carbonyl (C=O) groups is 3. The maximum Gasteiger partial charge on any atom is 0.238 e. The number of nitrogens with one attached hydrogen (secondary N) is 1. The highest BCUT2D eigenvalue weighted by molar-refractivity contribution is 6.34. The van der Waals surface area contributed by atoms with Crippen molar-refractivity contribution in [2.24, 2.45) is 5.92 Å². The number of ether oxygens (including phenoxy) is 1. The summed E-state index contributed by atoms with van der Waals surface area (Å²) in [7, 11) is 0. The molecule has 0 aliphatic carbocycles. The third-order valence-corrected chi connectivity index (χ3v) is 9.10. The molecule has 0 radical (unpaired) electrons. The summed E-state index contributed by atoms with van der Waals surface area (Å²) in [6.45, 7) is 3.88. The van der Waals surface area contributed by atoms with E-state index in [-0.39, 0.29) is 34.2 Å². The Labute approximate surface area is 254 Å². The zero-order valence-electron chi connectivity index (χ0n) is 23.7. The van der Waals surface area contributed by atoms with Gasteiger partial charge in [-0.3, -0.25) is 14.4 Å². The first kappa shape index (κ1) is 27.2. The van der Waals surface area contributed by atoms with E-state index in [1.54, 1.807) is 48.5 Å². The van der Waals surface area contributed by atoms with Crippen molar-refractivity contribution in [1.29, 1.82) is 0 Å². The Hall–Kier alpha value is -4.68. The maximum absolute atomic E-state index is 14.9. The van der Waals surface area contributed by atoms with Gasteiger partial charge in [-0.1, -0.05) is 66.2 Å². The number of ketones is 2. The maximum atomic E-state index is 14.9. The van der Waals surface area contributed by atoms with Gasteiger partial charge in [0.15, 0.2) is 11.6 Å². The van der Waals surface area contributed by atoms with Gasteiger partial charge in [-0.2, -0.15) is 0 Å².